The Kier molecular flexibility index (Phi) is 6.18. The molecule has 4 rings (SSSR count). The summed E-state index contributed by atoms with van der Waals surface area (Å²) in [6.07, 6.45) is 2.00. The molecule has 2 aromatic rings. The van der Waals surface area contributed by atoms with Gasteiger partial charge in [-0.15, -0.1) is 0 Å². The highest BCUT2D eigenvalue weighted by Crippen LogP contribution is 2.30. The summed E-state index contributed by atoms with van der Waals surface area (Å²) >= 11 is 0. The number of piperidine rings is 1. The predicted molar refractivity (Wildman–Crippen MR) is 117 cm³/mol. The van der Waals surface area contributed by atoms with Gasteiger partial charge in [0.05, 0.1) is 30.4 Å². The zero-order chi connectivity index (χ0) is 21.1. The van der Waals surface area contributed by atoms with Gasteiger partial charge in [0.1, 0.15) is 0 Å². The van der Waals surface area contributed by atoms with E-state index in [0.29, 0.717) is 29.7 Å². The maximum atomic E-state index is 13.2. The van der Waals surface area contributed by atoms with Crippen LogP contribution in [-0.2, 0) is 16.0 Å². The SMILES string of the molecule is C[C@@H]1C[C@@H](C)CN(C(=O)c2ccccc2NC(=O)C[C@H]2OCCc3ccccc32)C1. The highest BCUT2D eigenvalue weighted by Gasteiger charge is 2.28. The summed E-state index contributed by atoms with van der Waals surface area (Å²) in [6, 6.07) is 15.4. The monoisotopic (exact) mass is 406 g/mol. The molecule has 3 atom stereocenters. The van der Waals surface area contributed by atoms with Crippen LogP contribution in [0.3, 0.4) is 0 Å². The number of anilines is 1. The maximum Gasteiger partial charge on any atom is 0.255 e. The fraction of sp³-hybridized carbons (Fsp3) is 0.440. The van der Waals surface area contributed by atoms with Crippen LogP contribution in [0.1, 0.15) is 54.3 Å². The van der Waals surface area contributed by atoms with Crippen molar-refractivity contribution in [3.8, 4) is 0 Å². The fourth-order valence-electron chi connectivity index (χ4n) is 4.79. The number of benzene rings is 2. The molecule has 0 spiro atoms. The van der Waals surface area contributed by atoms with Crippen molar-refractivity contribution in [2.75, 3.05) is 25.0 Å². The lowest BCUT2D eigenvalue weighted by Gasteiger charge is -2.35. The summed E-state index contributed by atoms with van der Waals surface area (Å²) < 4.78 is 5.87. The van der Waals surface area contributed by atoms with Gasteiger partial charge in [0.25, 0.3) is 5.91 Å². The number of likely N-dealkylation sites (tertiary alicyclic amines) is 1. The van der Waals surface area contributed by atoms with Gasteiger partial charge in [0.2, 0.25) is 5.91 Å². The Hall–Kier alpha value is -2.66. The third kappa shape index (κ3) is 4.57. The first-order valence-electron chi connectivity index (χ1n) is 10.9. The number of amides is 2. The smallest absolute Gasteiger partial charge is 0.255 e. The third-order valence-electron chi connectivity index (χ3n) is 6.05. The van der Waals surface area contributed by atoms with Crippen molar-refractivity contribution in [1.82, 2.24) is 4.90 Å². The first-order chi connectivity index (χ1) is 14.5. The molecule has 1 saturated heterocycles. The number of para-hydroxylation sites is 1. The van der Waals surface area contributed by atoms with E-state index in [-0.39, 0.29) is 24.3 Å². The predicted octanol–water partition coefficient (Wildman–Crippen LogP) is 4.45. The topological polar surface area (TPSA) is 58.6 Å². The van der Waals surface area contributed by atoms with Crippen molar-refractivity contribution in [3.63, 3.8) is 0 Å². The van der Waals surface area contributed by atoms with E-state index in [4.69, 9.17) is 4.74 Å². The Labute approximate surface area is 178 Å². The molecule has 2 amide bonds. The summed E-state index contributed by atoms with van der Waals surface area (Å²) in [5.41, 5.74) is 3.45. The van der Waals surface area contributed by atoms with Crippen molar-refractivity contribution in [2.24, 2.45) is 11.8 Å². The van der Waals surface area contributed by atoms with Crippen LogP contribution in [0.2, 0.25) is 0 Å². The van der Waals surface area contributed by atoms with Crippen molar-refractivity contribution >= 4 is 17.5 Å². The largest absolute Gasteiger partial charge is 0.373 e. The maximum absolute atomic E-state index is 13.2. The van der Waals surface area contributed by atoms with Crippen LogP contribution < -0.4 is 5.32 Å². The van der Waals surface area contributed by atoms with Crippen LogP contribution in [-0.4, -0.2) is 36.4 Å². The molecule has 158 valence electrons. The number of ether oxygens (including phenoxy) is 1. The van der Waals surface area contributed by atoms with Gasteiger partial charge in [-0.25, -0.2) is 0 Å². The lowest BCUT2D eigenvalue weighted by Crippen LogP contribution is -2.42. The second-order valence-electron chi connectivity index (χ2n) is 8.76. The molecule has 0 aromatic heterocycles. The molecular weight excluding hydrogens is 376 g/mol. The zero-order valence-electron chi connectivity index (χ0n) is 17.8. The van der Waals surface area contributed by atoms with E-state index in [0.717, 1.165) is 31.5 Å². The highest BCUT2D eigenvalue weighted by molar-refractivity contribution is 6.03. The molecular formula is C25H30N2O3. The van der Waals surface area contributed by atoms with Crippen molar-refractivity contribution in [1.29, 1.82) is 0 Å². The van der Waals surface area contributed by atoms with Crippen LogP contribution in [0.4, 0.5) is 5.69 Å². The molecule has 0 aliphatic carbocycles. The van der Waals surface area contributed by atoms with Crippen molar-refractivity contribution in [2.45, 2.75) is 39.2 Å². The van der Waals surface area contributed by atoms with E-state index in [1.807, 2.05) is 35.2 Å². The first kappa shape index (κ1) is 20.6. The number of hydrogen-bond donors (Lipinski definition) is 1. The van der Waals surface area contributed by atoms with E-state index in [1.54, 1.807) is 12.1 Å². The standard InChI is InChI=1S/C25H30N2O3/c1-17-13-18(2)16-27(15-17)25(29)21-9-5-6-10-22(21)26-24(28)14-23-20-8-4-3-7-19(20)11-12-30-23/h3-10,17-18,23H,11-16H2,1-2H3,(H,26,28)/t17-,18-,23-/m1/s1. The van der Waals surface area contributed by atoms with E-state index in [2.05, 4.69) is 25.2 Å². The highest BCUT2D eigenvalue weighted by atomic mass is 16.5. The number of nitrogens with zero attached hydrogens (tertiary/aromatic N) is 1. The average molecular weight is 407 g/mol. The van der Waals surface area contributed by atoms with Crippen molar-refractivity contribution in [3.05, 3.63) is 65.2 Å². The average Bonchev–Trinajstić information content (AvgIpc) is 2.73. The van der Waals surface area contributed by atoms with Gasteiger partial charge < -0.3 is 15.0 Å². The van der Waals surface area contributed by atoms with Crippen LogP contribution in [0, 0.1) is 11.8 Å². The third-order valence-corrected chi connectivity index (χ3v) is 6.05. The van der Waals surface area contributed by atoms with Crippen LogP contribution in [0.5, 0.6) is 0 Å². The first-order valence-corrected chi connectivity index (χ1v) is 10.9. The minimum atomic E-state index is -0.249. The second kappa shape index (κ2) is 9.00. The van der Waals surface area contributed by atoms with Gasteiger partial charge in [-0.2, -0.15) is 0 Å². The molecule has 0 bridgehead atoms. The van der Waals surface area contributed by atoms with Gasteiger partial charge >= 0.3 is 0 Å². The molecule has 2 heterocycles. The van der Waals surface area contributed by atoms with Crippen LogP contribution >= 0.6 is 0 Å². The van der Waals surface area contributed by atoms with Crippen molar-refractivity contribution < 1.29 is 14.3 Å². The van der Waals surface area contributed by atoms with Crippen LogP contribution in [0.15, 0.2) is 48.5 Å². The minimum absolute atomic E-state index is 0.0106. The number of carbonyl (C=O) groups is 2. The van der Waals surface area contributed by atoms with Gasteiger partial charge in [-0.3, -0.25) is 9.59 Å². The normalized spacial score (nSPS) is 23.5. The number of fused-ring (bicyclic) bond motifs is 1. The Balaban J connectivity index is 1.47. The fourth-order valence-corrected chi connectivity index (χ4v) is 4.79. The minimum Gasteiger partial charge on any atom is -0.373 e. The molecule has 2 aliphatic rings. The molecule has 1 N–H and O–H groups in total. The summed E-state index contributed by atoms with van der Waals surface area (Å²) in [5, 5.41) is 2.96. The number of carbonyl (C=O) groups excluding carboxylic acids is 2. The lowest BCUT2D eigenvalue weighted by molar-refractivity contribution is -0.119. The van der Waals surface area contributed by atoms with E-state index < -0.39 is 0 Å². The van der Waals surface area contributed by atoms with Crippen LogP contribution in [0.25, 0.3) is 0 Å². The van der Waals surface area contributed by atoms with Gasteiger partial charge in [0, 0.05) is 13.1 Å². The van der Waals surface area contributed by atoms with Gasteiger partial charge in [-0.05, 0) is 47.9 Å². The summed E-state index contributed by atoms with van der Waals surface area (Å²) in [4.78, 5) is 27.9. The number of rotatable bonds is 4. The summed E-state index contributed by atoms with van der Waals surface area (Å²) in [7, 11) is 0. The Bertz CT molecular complexity index is 916. The Morgan fingerprint density at radius 2 is 1.73 bits per heavy atom. The molecule has 2 aliphatic heterocycles. The quantitative estimate of drug-likeness (QED) is 0.816. The molecule has 5 heteroatoms. The van der Waals surface area contributed by atoms with Gasteiger partial charge in [0.15, 0.2) is 0 Å². The molecule has 30 heavy (non-hydrogen) atoms. The lowest BCUT2D eigenvalue weighted by atomic mass is 9.91. The molecule has 0 saturated carbocycles. The Morgan fingerprint density at radius 3 is 2.53 bits per heavy atom. The summed E-state index contributed by atoms with van der Waals surface area (Å²) in [5.74, 6) is 0.826. The molecule has 5 nitrogen and oxygen atoms in total. The van der Waals surface area contributed by atoms with Gasteiger partial charge in [-0.1, -0.05) is 50.2 Å². The summed E-state index contributed by atoms with van der Waals surface area (Å²) in [6.45, 7) is 6.52. The number of nitrogens with one attached hydrogen (secondary N) is 1. The van der Waals surface area contributed by atoms with E-state index in [9.17, 15) is 9.59 Å². The molecule has 0 radical (unpaired) electrons. The molecule has 0 unspecified atom stereocenters. The zero-order valence-corrected chi connectivity index (χ0v) is 17.8. The second-order valence-corrected chi connectivity index (χ2v) is 8.76. The van der Waals surface area contributed by atoms with E-state index >= 15 is 0 Å². The molecule has 2 aromatic carbocycles. The van der Waals surface area contributed by atoms with E-state index in [1.165, 1.54) is 5.56 Å². The number of hydrogen-bond acceptors (Lipinski definition) is 3. The Morgan fingerprint density at radius 1 is 1.03 bits per heavy atom. The molecule has 1 fully saturated rings.